The Morgan fingerprint density at radius 3 is 2.61 bits per heavy atom. The van der Waals surface area contributed by atoms with Gasteiger partial charge in [-0.15, -0.1) is 0 Å². The van der Waals surface area contributed by atoms with E-state index in [1.54, 1.807) is 6.07 Å². The monoisotopic (exact) mass is 271 g/mol. The zero-order valence-corrected chi connectivity index (χ0v) is 9.77. The molecule has 1 heterocycles. The van der Waals surface area contributed by atoms with Crippen LogP contribution in [0.1, 0.15) is 5.56 Å². The summed E-state index contributed by atoms with van der Waals surface area (Å²) < 4.78 is 37.6. The number of alkyl halides is 3. The maximum absolute atomic E-state index is 12.5. The van der Waals surface area contributed by atoms with Crippen LogP contribution in [0.25, 0.3) is 10.9 Å². The van der Waals surface area contributed by atoms with Crippen molar-refractivity contribution in [1.29, 1.82) is 5.41 Å². The third kappa shape index (κ3) is 2.56. The summed E-state index contributed by atoms with van der Waals surface area (Å²) in [5.41, 5.74) is 4.75. The summed E-state index contributed by atoms with van der Waals surface area (Å²) in [5.74, 6) is 0. The van der Waals surface area contributed by atoms with Gasteiger partial charge in [-0.25, -0.2) is 0 Å². The third-order valence-corrected chi connectivity index (χ3v) is 3.05. The number of fused-ring (bicyclic) bond motifs is 1. The third-order valence-electron chi connectivity index (χ3n) is 2.25. The fraction of sp³-hybridized carbons (Fsp3) is 0.0909. The molecule has 94 valence electrons. The number of nitrogens with zero attached hydrogens (tertiary/aromatic N) is 1. The van der Waals surface area contributed by atoms with Crippen LogP contribution >= 0.6 is 11.8 Å². The van der Waals surface area contributed by atoms with Gasteiger partial charge in [0.25, 0.3) is 0 Å². The molecule has 0 fully saturated rings. The SMILES string of the molecule is N=C(N)Sc1ccnc2cc(C(F)(F)F)ccc12. The largest absolute Gasteiger partial charge is 0.416 e. The minimum absolute atomic E-state index is 0.123. The molecule has 0 saturated carbocycles. The maximum atomic E-state index is 12.5. The van der Waals surface area contributed by atoms with Gasteiger partial charge in [-0.2, -0.15) is 13.2 Å². The van der Waals surface area contributed by atoms with Crippen molar-refractivity contribution in [2.45, 2.75) is 11.1 Å². The summed E-state index contributed by atoms with van der Waals surface area (Å²) in [6, 6.07) is 4.94. The van der Waals surface area contributed by atoms with Crippen LogP contribution in [-0.2, 0) is 6.18 Å². The molecule has 1 aromatic carbocycles. The van der Waals surface area contributed by atoms with Gasteiger partial charge >= 0.3 is 6.18 Å². The summed E-state index contributed by atoms with van der Waals surface area (Å²) in [6.07, 6.45) is -2.99. The Hall–Kier alpha value is -1.76. The van der Waals surface area contributed by atoms with Crippen molar-refractivity contribution < 1.29 is 13.2 Å². The molecule has 0 bridgehead atoms. The predicted octanol–water partition coefficient (Wildman–Crippen LogP) is 3.24. The van der Waals surface area contributed by atoms with Gasteiger partial charge < -0.3 is 5.73 Å². The zero-order valence-electron chi connectivity index (χ0n) is 8.95. The highest BCUT2D eigenvalue weighted by atomic mass is 32.2. The first-order chi connectivity index (χ1) is 8.38. The number of pyridine rings is 1. The summed E-state index contributed by atoms with van der Waals surface area (Å²) in [4.78, 5) is 4.51. The molecule has 0 aliphatic rings. The molecule has 0 amide bonds. The van der Waals surface area contributed by atoms with Gasteiger partial charge in [-0.05, 0) is 18.2 Å². The van der Waals surface area contributed by atoms with Crippen molar-refractivity contribution >= 4 is 27.8 Å². The van der Waals surface area contributed by atoms with Gasteiger partial charge in [0.1, 0.15) is 0 Å². The molecule has 3 nitrogen and oxygen atoms in total. The molecule has 2 aromatic rings. The number of hydrogen-bond donors (Lipinski definition) is 2. The molecule has 0 unspecified atom stereocenters. The molecule has 0 atom stereocenters. The number of nitrogens with one attached hydrogen (secondary N) is 1. The lowest BCUT2D eigenvalue weighted by molar-refractivity contribution is -0.137. The van der Waals surface area contributed by atoms with Gasteiger partial charge in [0.2, 0.25) is 0 Å². The molecule has 2 rings (SSSR count). The highest BCUT2D eigenvalue weighted by molar-refractivity contribution is 8.13. The Morgan fingerprint density at radius 1 is 1.28 bits per heavy atom. The molecule has 0 aliphatic carbocycles. The first-order valence-electron chi connectivity index (χ1n) is 4.86. The van der Waals surface area contributed by atoms with Crippen molar-refractivity contribution in [2.24, 2.45) is 5.73 Å². The molecule has 3 N–H and O–H groups in total. The number of rotatable bonds is 1. The topological polar surface area (TPSA) is 62.8 Å². The summed E-state index contributed by atoms with van der Waals surface area (Å²) in [6.45, 7) is 0. The number of halogens is 3. The molecule has 7 heteroatoms. The lowest BCUT2D eigenvalue weighted by Crippen LogP contribution is -2.05. The normalized spacial score (nSPS) is 11.7. The van der Waals surface area contributed by atoms with Crippen molar-refractivity contribution in [3.05, 3.63) is 36.0 Å². The van der Waals surface area contributed by atoms with E-state index in [0.29, 0.717) is 10.3 Å². The first kappa shape index (κ1) is 12.7. The Balaban J connectivity index is 2.57. The van der Waals surface area contributed by atoms with Crippen LogP contribution in [0.2, 0.25) is 0 Å². The van der Waals surface area contributed by atoms with Crippen molar-refractivity contribution in [3.8, 4) is 0 Å². The second-order valence-electron chi connectivity index (χ2n) is 3.51. The number of thioether (sulfide) groups is 1. The van der Waals surface area contributed by atoms with E-state index in [9.17, 15) is 13.2 Å². The second-order valence-corrected chi connectivity index (χ2v) is 4.59. The van der Waals surface area contributed by atoms with Crippen LogP contribution < -0.4 is 5.73 Å². The van der Waals surface area contributed by atoms with Gasteiger partial charge in [0.05, 0.1) is 11.1 Å². The Labute approximate surface area is 105 Å². The standard InChI is InChI=1S/C11H8F3N3S/c12-11(13,14)6-1-2-7-8(5-6)17-4-3-9(7)18-10(15)16/h1-5H,(H3,15,16). The van der Waals surface area contributed by atoms with Gasteiger partial charge in [-0.3, -0.25) is 10.4 Å². The highest BCUT2D eigenvalue weighted by Gasteiger charge is 2.30. The van der Waals surface area contributed by atoms with E-state index in [2.05, 4.69) is 4.98 Å². The lowest BCUT2D eigenvalue weighted by atomic mass is 10.1. The number of hydrogen-bond acceptors (Lipinski definition) is 3. The summed E-state index contributed by atoms with van der Waals surface area (Å²) in [5, 5.41) is 7.61. The van der Waals surface area contributed by atoms with Crippen molar-refractivity contribution in [2.75, 3.05) is 0 Å². The van der Waals surface area contributed by atoms with Crippen LogP contribution in [0, 0.1) is 5.41 Å². The molecular formula is C11H8F3N3S. The predicted molar refractivity (Wildman–Crippen MR) is 64.5 cm³/mol. The molecule has 0 aliphatic heterocycles. The van der Waals surface area contributed by atoms with E-state index in [1.165, 1.54) is 12.3 Å². The molecular weight excluding hydrogens is 263 g/mol. The second kappa shape index (κ2) is 4.49. The van der Waals surface area contributed by atoms with Crippen LogP contribution in [0.5, 0.6) is 0 Å². The van der Waals surface area contributed by atoms with E-state index < -0.39 is 11.7 Å². The lowest BCUT2D eigenvalue weighted by Gasteiger charge is -2.09. The zero-order chi connectivity index (χ0) is 13.3. The Kier molecular flexibility index (Phi) is 3.16. The number of benzene rings is 1. The molecule has 1 aromatic heterocycles. The highest BCUT2D eigenvalue weighted by Crippen LogP contribution is 2.33. The average molecular weight is 271 g/mol. The average Bonchev–Trinajstić information content (AvgIpc) is 2.27. The molecule has 0 saturated heterocycles. The van der Waals surface area contributed by atoms with Crippen LogP contribution in [0.3, 0.4) is 0 Å². The summed E-state index contributed by atoms with van der Waals surface area (Å²) in [7, 11) is 0. The van der Waals surface area contributed by atoms with E-state index in [4.69, 9.17) is 11.1 Å². The Morgan fingerprint density at radius 2 is 2.00 bits per heavy atom. The van der Waals surface area contributed by atoms with Crippen molar-refractivity contribution in [1.82, 2.24) is 4.98 Å². The number of aromatic nitrogens is 1. The van der Waals surface area contributed by atoms with Crippen LogP contribution in [0.15, 0.2) is 35.4 Å². The number of amidine groups is 1. The van der Waals surface area contributed by atoms with Crippen LogP contribution in [-0.4, -0.2) is 10.2 Å². The van der Waals surface area contributed by atoms with Crippen molar-refractivity contribution in [3.63, 3.8) is 0 Å². The first-order valence-corrected chi connectivity index (χ1v) is 5.67. The maximum Gasteiger partial charge on any atom is 0.416 e. The van der Waals surface area contributed by atoms with E-state index in [1.807, 2.05) is 0 Å². The van der Waals surface area contributed by atoms with E-state index in [0.717, 1.165) is 23.9 Å². The Bertz CT molecular complexity index is 610. The molecule has 0 radical (unpaired) electrons. The van der Waals surface area contributed by atoms with Gasteiger partial charge in [-0.1, -0.05) is 17.8 Å². The quantitative estimate of drug-likeness (QED) is 0.475. The van der Waals surface area contributed by atoms with E-state index in [-0.39, 0.29) is 10.7 Å². The minimum atomic E-state index is -4.39. The summed E-state index contributed by atoms with van der Waals surface area (Å²) >= 11 is 0.981. The van der Waals surface area contributed by atoms with Gasteiger partial charge in [0.15, 0.2) is 5.17 Å². The fourth-order valence-electron chi connectivity index (χ4n) is 1.51. The fourth-order valence-corrected chi connectivity index (χ4v) is 2.15. The van der Waals surface area contributed by atoms with E-state index >= 15 is 0 Å². The van der Waals surface area contributed by atoms with Crippen LogP contribution in [0.4, 0.5) is 13.2 Å². The number of nitrogens with two attached hydrogens (primary N) is 1. The molecule has 18 heavy (non-hydrogen) atoms. The van der Waals surface area contributed by atoms with Gasteiger partial charge in [0, 0.05) is 16.5 Å². The minimum Gasteiger partial charge on any atom is -0.378 e. The molecule has 0 spiro atoms. The smallest absolute Gasteiger partial charge is 0.378 e.